The Morgan fingerprint density at radius 1 is 1.31 bits per heavy atom. The molecule has 1 aliphatic heterocycles. The maximum absolute atomic E-state index is 12.2. The maximum atomic E-state index is 12.2. The zero-order chi connectivity index (χ0) is 21.6. The zero-order valence-electron chi connectivity index (χ0n) is 15.6. The van der Waals surface area contributed by atoms with Crippen LogP contribution in [-0.4, -0.2) is 70.1 Å². The molecule has 1 saturated heterocycles. The van der Waals surface area contributed by atoms with Crippen molar-refractivity contribution < 1.29 is 27.8 Å². The number of hydrogen-bond donors (Lipinski definition) is 3. The van der Waals surface area contributed by atoms with Gasteiger partial charge in [0.15, 0.2) is 11.5 Å². The lowest BCUT2D eigenvalue weighted by Crippen LogP contribution is -2.44. The van der Waals surface area contributed by atoms with E-state index in [0.717, 1.165) is 26.2 Å². The number of carbonyl (C=O) groups is 1. The van der Waals surface area contributed by atoms with Crippen LogP contribution in [-0.2, 0) is 11.3 Å². The van der Waals surface area contributed by atoms with Crippen molar-refractivity contribution in [2.45, 2.75) is 19.6 Å². The highest BCUT2D eigenvalue weighted by molar-refractivity contribution is 5.84. The fraction of sp³-hybridized carbons (Fsp3) is 0.500. The predicted molar refractivity (Wildman–Crippen MR) is 96.9 cm³/mol. The van der Waals surface area contributed by atoms with E-state index < -0.39 is 12.1 Å². The number of aromatic amines is 1. The Morgan fingerprint density at radius 3 is 2.45 bits per heavy atom. The van der Waals surface area contributed by atoms with Crippen molar-refractivity contribution in [2.75, 3.05) is 38.2 Å². The Kier molecular flexibility index (Phi) is 7.05. The van der Waals surface area contributed by atoms with Gasteiger partial charge in [-0.25, -0.2) is 9.59 Å². The van der Waals surface area contributed by atoms with Crippen LogP contribution < -0.4 is 20.6 Å². The Labute approximate surface area is 162 Å². The molecule has 3 N–H and O–H groups in total. The highest BCUT2D eigenvalue weighted by Crippen LogP contribution is 2.24. The summed E-state index contributed by atoms with van der Waals surface area (Å²) in [5, 5.41) is 10.4. The lowest BCUT2D eigenvalue weighted by molar-refractivity contribution is -0.192. The number of carboxylic acids is 1. The Bertz CT molecular complexity index is 983. The third kappa shape index (κ3) is 5.38. The number of halogens is 3. The van der Waals surface area contributed by atoms with Crippen LogP contribution in [0.25, 0.3) is 11.2 Å². The van der Waals surface area contributed by atoms with E-state index in [1.807, 2.05) is 0 Å². The highest BCUT2D eigenvalue weighted by Gasteiger charge is 2.38. The minimum absolute atomic E-state index is 0.239. The van der Waals surface area contributed by atoms with Gasteiger partial charge in [-0.3, -0.25) is 9.55 Å². The number of nitrogens with one attached hydrogen (secondary N) is 2. The summed E-state index contributed by atoms with van der Waals surface area (Å²) < 4.78 is 38.5. The second-order valence-electron chi connectivity index (χ2n) is 5.71. The molecule has 0 radical (unpaired) electrons. The van der Waals surface area contributed by atoms with Crippen molar-refractivity contribution >= 4 is 23.0 Å². The molecule has 1 aliphatic rings. The molecule has 0 aromatic carbocycles. The fourth-order valence-corrected chi connectivity index (χ4v) is 2.53. The zero-order valence-corrected chi connectivity index (χ0v) is 15.6. The molecule has 0 saturated carbocycles. The molecule has 29 heavy (non-hydrogen) atoms. The average molecular weight is 416 g/mol. The van der Waals surface area contributed by atoms with Gasteiger partial charge in [0.25, 0.3) is 0 Å². The summed E-state index contributed by atoms with van der Waals surface area (Å²) in [7, 11) is 1.51. The van der Waals surface area contributed by atoms with Crippen molar-refractivity contribution in [2.24, 2.45) is 0 Å². The number of carboxylic acid groups (broad SMARTS) is 1. The lowest BCUT2D eigenvalue weighted by atomic mass is 10.3. The van der Waals surface area contributed by atoms with Crippen molar-refractivity contribution in [1.29, 1.82) is 0 Å². The number of alkyl halides is 3. The summed E-state index contributed by atoms with van der Waals surface area (Å²) in [6, 6.07) is 0.246. The van der Waals surface area contributed by atoms with Crippen molar-refractivity contribution in [1.82, 2.24) is 24.8 Å². The number of hydrogen-bond acceptors (Lipinski definition) is 7. The first-order valence-corrected chi connectivity index (χ1v) is 8.39. The molecule has 3 heterocycles. The third-order valence-electron chi connectivity index (χ3n) is 3.84. The molecule has 0 spiro atoms. The number of aliphatic carboxylic acids is 1. The molecule has 2 aromatic heterocycles. The van der Waals surface area contributed by atoms with E-state index >= 15 is 0 Å². The van der Waals surface area contributed by atoms with Crippen LogP contribution in [0.2, 0.25) is 0 Å². The van der Waals surface area contributed by atoms with E-state index in [1.54, 1.807) is 11.5 Å². The van der Waals surface area contributed by atoms with Gasteiger partial charge < -0.3 is 20.1 Å². The molecule has 158 valence electrons. The van der Waals surface area contributed by atoms with Crippen molar-refractivity contribution in [3.8, 4) is 17.9 Å². The molecular formula is C16H19F3N6O4. The first kappa shape index (κ1) is 22.0. The molecule has 13 heteroatoms. The topological polar surface area (TPSA) is 125 Å². The van der Waals surface area contributed by atoms with E-state index in [9.17, 15) is 18.0 Å². The summed E-state index contributed by atoms with van der Waals surface area (Å²) in [6.45, 7) is 5.43. The Morgan fingerprint density at radius 2 is 1.93 bits per heavy atom. The quantitative estimate of drug-likeness (QED) is 0.606. The molecule has 1 fully saturated rings. The molecule has 0 atom stereocenters. The van der Waals surface area contributed by atoms with Crippen molar-refractivity contribution in [3.05, 3.63) is 10.5 Å². The van der Waals surface area contributed by atoms with Gasteiger partial charge in [-0.2, -0.15) is 23.1 Å². The maximum Gasteiger partial charge on any atom is 0.490 e. The smallest absolute Gasteiger partial charge is 0.475 e. The molecule has 10 nitrogen and oxygen atoms in total. The van der Waals surface area contributed by atoms with Crippen LogP contribution in [0, 0.1) is 11.8 Å². The van der Waals surface area contributed by atoms with E-state index in [4.69, 9.17) is 14.6 Å². The van der Waals surface area contributed by atoms with Gasteiger partial charge in [0.1, 0.15) is 5.52 Å². The summed E-state index contributed by atoms with van der Waals surface area (Å²) >= 11 is 0. The molecule has 3 rings (SSSR count). The number of nitrogens with zero attached hydrogens (tertiary/aromatic N) is 4. The van der Waals surface area contributed by atoms with Gasteiger partial charge >= 0.3 is 23.8 Å². The van der Waals surface area contributed by atoms with Crippen LogP contribution in [0.15, 0.2) is 4.79 Å². The number of imidazole rings is 1. The molecule has 0 unspecified atom stereocenters. The van der Waals surface area contributed by atoms with E-state index in [2.05, 4.69) is 37.0 Å². The molecule has 2 aromatic rings. The van der Waals surface area contributed by atoms with E-state index in [-0.39, 0.29) is 11.7 Å². The lowest BCUT2D eigenvalue weighted by Gasteiger charge is -2.28. The first-order chi connectivity index (χ1) is 13.7. The number of ether oxygens (including phenoxy) is 1. The number of H-pyrrole nitrogens is 1. The number of fused-ring (bicyclic) bond motifs is 1. The number of rotatable bonds is 3. The average Bonchev–Trinajstić information content (AvgIpc) is 3.00. The third-order valence-corrected chi connectivity index (χ3v) is 3.84. The number of piperazine rings is 1. The monoisotopic (exact) mass is 416 g/mol. The number of anilines is 1. The van der Waals surface area contributed by atoms with Gasteiger partial charge in [-0.1, -0.05) is 5.92 Å². The van der Waals surface area contributed by atoms with Gasteiger partial charge in [-0.05, 0) is 6.92 Å². The van der Waals surface area contributed by atoms with Gasteiger partial charge in [0.05, 0.1) is 13.7 Å². The molecular weight excluding hydrogens is 397 g/mol. The van der Waals surface area contributed by atoms with Gasteiger partial charge in [0, 0.05) is 26.2 Å². The second-order valence-corrected chi connectivity index (χ2v) is 5.71. The SMILES string of the molecule is CC#CCn1c(=O)[nH]c2nc(OC)nc(N3CCNCC3)c21.O=C(O)C(F)(F)F. The number of methoxy groups -OCH3 is 1. The summed E-state index contributed by atoms with van der Waals surface area (Å²) in [6.07, 6.45) is -5.08. The predicted octanol–water partition coefficient (Wildman–Crippen LogP) is 0.194. The standard InChI is InChI=1S/C14H18N6O2.C2HF3O2/c1-3-4-7-20-10-11(17-14(20)21)16-13(22-2)18-12(10)19-8-5-15-6-9-19;3-2(4,5)1(6)7/h15H,5-9H2,1-2H3,(H,16,17,18,21);(H,6,7). The normalized spacial score (nSPS) is 13.9. The van der Waals surface area contributed by atoms with Crippen LogP contribution in [0.3, 0.4) is 0 Å². The van der Waals surface area contributed by atoms with Gasteiger partial charge in [0.2, 0.25) is 0 Å². The van der Waals surface area contributed by atoms with Gasteiger partial charge in [-0.15, -0.1) is 5.92 Å². The van der Waals surface area contributed by atoms with E-state index in [0.29, 0.717) is 23.5 Å². The fourth-order valence-electron chi connectivity index (χ4n) is 2.53. The minimum Gasteiger partial charge on any atom is -0.475 e. The highest BCUT2D eigenvalue weighted by atomic mass is 19.4. The molecule has 0 bridgehead atoms. The van der Waals surface area contributed by atoms with Crippen LogP contribution >= 0.6 is 0 Å². The van der Waals surface area contributed by atoms with Crippen molar-refractivity contribution in [3.63, 3.8) is 0 Å². The number of aromatic nitrogens is 4. The summed E-state index contributed by atoms with van der Waals surface area (Å²) in [5.74, 6) is 3.68. The minimum atomic E-state index is -5.08. The van der Waals surface area contributed by atoms with E-state index in [1.165, 1.54) is 7.11 Å². The summed E-state index contributed by atoms with van der Waals surface area (Å²) in [4.78, 5) is 34.7. The Balaban J connectivity index is 0.000000370. The largest absolute Gasteiger partial charge is 0.490 e. The van der Waals surface area contributed by atoms with Crippen LogP contribution in [0.4, 0.5) is 19.0 Å². The Hall–Kier alpha value is -3.27. The van der Waals surface area contributed by atoms with Crippen LogP contribution in [0.1, 0.15) is 6.92 Å². The summed E-state index contributed by atoms with van der Waals surface area (Å²) in [5.41, 5.74) is 0.912. The second kappa shape index (κ2) is 9.28. The molecule has 0 amide bonds. The first-order valence-electron chi connectivity index (χ1n) is 8.39. The van der Waals surface area contributed by atoms with Crippen LogP contribution in [0.5, 0.6) is 6.01 Å². The molecule has 0 aliphatic carbocycles.